The smallest absolute Gasteiger partial charge is 0.408 e. The molecular weight excluding hydrogens is 817 g/mol. The van der Waals surface area contributed by atoms with Crippen LogP contribution in [0.3, 0.4) is 0 Å². The van der Waals surface area contributed by atoms with Crippen LogP contribution in [0.1, 0.15) is 98.5 Å². The van der Waals surface area contributed by atoms with Crippen LogP contribution < -0.4 is 24.2 Å². The lowest BCUT2D eigenvalue weighted by atomic mass is 9.84. The van der Waals surface area contributed by atoms with E-state index in [1.165, 1.54) is 0 Å². The van der Waals surface area contributed by atoms with Gasteiger partial charge in [-0.1, -0.05) is 26.0 Å². The van der Waals surface area contributed by atoms with Crippen molar-refractivity contribution in [2.24, 2.45) is 17.8 Å². The number of carbonyl (C=O) groups is 4. The van der Waals surface area contributed by atoms with Crippen LogP contribution in [0.4, 0.5) is 13.6 Å². The number of sulfonamides is 1. The Labute approximate surface area is 355 Å². The van der Waals surface area contributed by atoms with Gasteiger partial charge in [0, 0.05) is 30.2 Å². The third-order valence-electron chi connectivity index (χ3n) is 13.7. The van der Waals surface area contributed by atoms with Gasteiger partial charge in [0.15, 0.2) is 0 Å². The number of carboxylic acid groups (broad SMARTS) is 1. The molecule has 334 valence electrons. The van der Waals surface area contributed by atoms with Gasteiger partial charge < -0.3 is 29.5 Å². The summed E-state index contributed by atoms with van der Waals surface area (Å²) >= 11 is 0. The number of ether oxygens (including phenoxy) is 3. The molecule has 2 saturated carbocycles. The van der Waals surface area contributed by atoms with Gasteiger partial charge in [-0.25, -0.2) is 22.0 Å². The maximum atomic E-state index is 15.4. The summed E-state index contributed by atoms with van der Waals surface area (Å²) in [5, 5.41) is 14.9. The average Bonchev–Trinajstić information content (AvgIpc) is 4.07. The highest BCUT2D eigenvalue weighted by atomic mass is 32.2. The number of pyridine rings is 1. The summed E-state index contributed by atoms with van der Waals surface area (Å²) in [5.74, 6) is -6.56. The van der Waals surface area contributed by atoms with E-state index in [-0.39, 0.29) is 37.6 Å². The summed E-state index contributed by atoms with van der Waals surface area (Å²) in [6.07, 6.45) is 4.47. The van der Waals surface area contributed by atoms with Crippen molar-refractivity contribution in [3.63, 3.8) is 0 Å². The van der Waals surface area contributed by atoms with Crippen molar-refractivity contribution in [3.8, 4) is 17.5 Å². The molecule has 2 aromatic rings. The third-order valence-corrected chi connectivity index (χ3v) is 15.9. The fraction of sp³-hybridized carbons (Fsp3) is 0.651. The number of halogens is 2. The van der Waals surface area contributed by atoms with E-state index in [4.69, 9.17) is 19.2 Å². The zero-order valence-electron chi connectivity index (χ0n) is 35.8. The molecule has 3 aliphatic heterocycles. The lowest BCUT2D eigenvalue weighted by Gasteiger charge is -2.47. The topological polar surface area (TPSA) is 194 Å². The molecule has 3 fully saturated rings. The Morgan fingerprint density at radius 1 is 1.13 bits per heavy atom. The Morgan fingerprint density at radius 3 is 2.51 bits per heavy atom. The Bertz CT molecular complexity index is 2240. The first-order valence-corrected chi connectivity index (χ1v) is 22.6. The van der Waals surface area contributed by atoms with Crippen molar-refractivity contribution in [1.82, 2.24) is 24.8 Å². The quantitative estimate of drug-likeness (QED) is 0.266. The maximum Gasteiger partial charge on any atom is 0.408 e. The zero-order chi connectivity index (χ0) is 44.4. The fourth-order valence-electron chi connectivity index (χ4n) is 9.11. The van der Waals surface area contributed by atoms with E-state index in [9.17, 15) is 27.9 Å². The molecular formula is C43H57F2N5O10S. The molecule has 1 aromatic heterocycles. The van der Waals surface area contributed by atoms with Gasteiger partial charge in [-0.3, -0.25) is 24.0 Å². The van der Waals surface area contributed by atoms with E-state index in [1.54, 1.807) is 39.2 Å². The minimum absolute atomic E-state index is 0.0875. The van der Waals surface area contributed by atoms with Gasteiger partial charge in [0.25, 0.3) is 11.8 Å². The predicted molar refractivity (Wildman–Crippen MR) is 220 cm³/mol. The minimum atomic E-state index is -4.10. The van der Waals surface area contributed by atoms with Gasteiger partial charge in [-0.2, -0.15) is 4.98 Å². The lowest BCUT2D eigenvalue weighted by molar-refractivity contribution is -0.156. The fourth-order valence-corrected chi connectivity index (χ4v) is 10.4. The largest absolute Gasteiger partial charge is 0.497 e. The van der Waals surface area contributed by atoms with Crippen LogP contribution in [0.2, 0.25) is 0 Å². The SMILES string of the molecule is COc1ccc2c(O[C@@H]3C[C@H]4C(=O)N[C@]5(C(=O)NS(=O)(=O)C6(C)CC6)C[C@H]5C=CCC[C@H](C)C[C@@H](C)[C@H](N(C(=O)O)C(C)(C)C(C)(F)F)C(=O)N4C3)nc3c(c2c1)CCCO3. The number of amides is 4. The molecule has 7 atom stereocenters. The molecule has 3 N–H and O–H groups in total. The van der Waals surface area contributed by atoms with Crippen LogP contribution in [0.25, 0.3) is 10.8 Å². The molecule has 4 heterocycles. The first-order chi connectivity index (χ1) is 28.5. The van der Waals surface area contributed by atoms with Gasteiger partial charge in [0.2, 0.25) is 33.6 Å². The number of carbonyl (C=O) groups excluding carboxylic acids is 3. The van der Waals surface area contributed by atoms with Crippen LogP contribution >= 0.6 is 0 Å². The standard InChI is InChI=1S/C43H57F2N5O10S/c1-24-11-8-9-12-26-22-43(26,38(53)48-61(56,57)41(5)16-17-41)47-34(51)32-21-28(60-36-30-15-14-27(58-7)20-31(30)29-13-10-18-59-35(29)46-36)23-49(32)37(52)33(25(2)19-24)50(39(54)55)40(3,4)42(6,44)45/h9,12,14-15,20,24-26,28,32-33H,8,10-11,13,16-19,21-23H2,1-7H3,(H,47,51)(H,48,53)(H,54,55)/t24-,25+,26+,28+,32-,33-,43+/m0/s1. The van der Waals surface area contributed by atoms with Crippen molar-refractivity contribution in [3.05, 3.63) is 35.9 Å². The molecule has 1 aromatic carbocycles. The number of hydrogen-bond donors (Lipinski definition) is 3. The highest BCUT2D eigenvalue weighted by Crippen LogP contribution is 2.48. The second-order valence-electron chi connectivity index (χ2n) is 18.6. The van der Waals surface area contributed by atoms with Crippen molar-refractivity contribution in [1.29, 1.82) is 0 Å². The minimum Gasteiger partial charge on any atom is -0.497 e. The van der Waals surface area contributed by atoms with Crippen LogP contribution in [-0.2, 0) is 30.8 Å². The van der Waals surface area contributed by atoms with Crippen molar-refractivity contribution in [2.75, 3.05) is 20.3 Å². The Hall–Kier alpha value is -4.74. The Morgan fingerprint density at radius 2 is 1.85 bits per heavy atom. The van der Waals surface area contributed by atoms with Gasteiger partial charge in [0.05, 0.1) is 25.0 Å². The molecule has 15 nitrogen and oxygen atoms in total. The summed E-state index contributed by atoms with van der Waals surface area (Å²) in [6.45, 7) is 8.01. The van der Waals surface area contributed by atoms with E-state index in [2.05, 4.69) is 10.0 Å². The summed E-state index contributed by atoms with van der Waals surface area (Å²) < 4.78 is 76.6. The van der Waals surface area contributed by atoms with Gasteiger partial charge in [0.1, 0.15) is 35.0 Å². The Kier molecular flexibility index (Phi) is 11.5. The number of benzene rings is 1. The molecule has 0 spiro atoms. The molecule has 0 unspecified atom stereocenters. The van der Waals surface area contributed by atoms with Crippen LogP contribution in [0, 0.1) is 17.8 Å². The van der Waals surface area contributed by atoms with Crippen LogP contribution in [0.5, 0.6) is 17.5 Å². The highest BCUT2D eigenvalue weighted by molar-refractivity contribution is 7.91. The van der Waals surface area contributed by atoms with Gasteiger partial charge >= 0.3 is 6.09 Å². The number of aryl methyl sites for hydroxylation is 1. The van der Waals surface area contributed by atoms with E-state index >= 15 is 13.6 Å². The molecule has 5 aliphatic rings. The molecule has 7 rings (SSSR count). The van der Waals surface area contributed by atoms with E-state index in [0.29, 0.717) is 67.6 Å². The van der Waals surface area contributed by atoms with Crippen molar-refractivity contribution >= 4 is 44.6 Å². The third kappa shape index (κ3) is 8.20. The van der Waals surface area contributed by atoms with Crippen molar-refractivity contribution < 1.29 is 55.7 Å². The average molecular weight is 874 g/mol. The van der Waals surface area contributed by atoms with Gasteiger partial charge in [-0.05, 0) is 108 Å². The monoisotopic (exact) mass is 873 g/mol. The number of aromatic nitrogens is 1. The second kappa shape index (κ2) is 15.9. The lowest BCUT2D eigenvalue weighted by Crippen LogP contribution is -2.66. The second-order valence-corrected chi connectivity index (χ2v) is 20.8. The predicted octanol–water partition coefficient (Wildman–Crippen LogP) is 5.58. The summed E-state index contributed by atoms with van der Waals surface area (Å²) in [4.78, 5) is 63.6. The number of methoxy groups -OCH3 is 1. The molecule has 0 radical (unpaired) electrons. The van der Waals surface area contributed by atoms with Crippen LogP contribution in [-0.4, -0.2) is 112 Å². The van der Waals surface area contributed by atoms with Crippen molar-refractivity contribution in [2.45, 2.75) is 139 Å². The molecule has 18 heteroatoms. The maximum absolute atomic E-state index is 15.4. The highest BCUT2D eigenvalue weighted by Gasteiger charge is 2.63. The number of alkyl halides is 2. The van der Waals surface area contributed by atoms with Crippen LogP contribution in [0.15, 0.2) is 30.4 Å². The number of rotatable bonds is 9. The van der Waals surface area contributed by atoms with E-state index in [0.717, 1.165) is 36.1 Å². The number of allylic oxidation sites excluding steroid dienone is 1. The molecule has 0 bridgehead atoms. The summed E-state index contributed by atoms with van der Waals surface area (Å²) in [5.41, 5.74) is -3.19. The molecule has 1 saturated heterocycles. The number of nitrogens with zero attached hydrogens (tertiary/aromatic N) is 3. The summed E-state index contributed by atoms with van der Waals surface area (Å²) in [7, 11) is -2.55. The number of hydrogen-bond acceptors (Lipinski definition) is 10. The van der Waals surface area contributed by atoms with Gasteiger partial charge in [-0.15, -0.1) is 0 Å². The number of fused-ring (bicyclic) bond motifs is 5. The molecule has 61 heavy (non-hydrogen) atoms. The number of nitrogens with one attached hydrogen (secondary N) is 2. The first kappa shape index (κ1) is 44.3. The summed E-state index contributed by atoms with van der Waals surface area (Å²) in [6, 6.07) is 2.31. The zero-order valence-corrected chi connectivity index (χ0v) is 36.6. The molecule has 2 aliphatic carbocycles. The van der Waals surface area contributed by atoms with E-state index in [1.807, 2.05) is 19.1 Å². The Balaban J connectivity index is 1.31. The normalized spacial score (nSPS) is 29.1. The van der Waals surface area contributed by atoms with E-state index < -0.39 is 85.6 Å². The molecule has 4 amide bonds. The first-order valence-electron chi connectivity index (χ1n) is 21.1.